The number of phenolic OH excluding ortho intramolecular Hbond substituents is 1. The van der Waals surface area contributed by atoms with Gasteiger partial charge in [-0.1, -0.05) is 49.6 Å². The Morgan fingerprint density at radius 1 is 1.04 bits per heavy atom. The van der Waals surface area contributed by atoms with Crippen molar-refractivity contribution in [3.05, 3.63) is 59.9 Å². The summed E-state index contributed by atoms with van der Waals surface area (Å²) in [6.45, 7) is 2.99. The minimum atomic E-state index is -1.79. The molecular formula is C37H49N5O10. The number of carbonyl (C=O) groups excluding carboxylic acids is 2. The molecule has 15 heteroatoms. The Morgan fingerprint density at radius 2 is 1.79 bits per heavy atom. The van der Waals surface area contributed by atoms with Crippen molar-refractivity contribution < 1.29 is 49.1 Å². The van der Waals surface area contributed by atoms with Crippen molar-refractivity contribution in [2.45, 2.75) is 69.9 Å². The highest BCUT2D eigenvalue weighted by Crippen LogP contribution is 2.39. The summed E-state index contributed by atoms with van der Waals surface area (Å²) >= 11 is 0. The van der Waals surface area contributed by atoms with E-state index in [9.17, 15) is 24.3 Å². The first-order chi connectivity index (χ1) is 25.0. The molecule has 6 N–H and O–H groups in total. The van der Waals surface area contributed by atoms with Gasteiger partial charge in [0.1, 0.15) is 11.4 Å². The number of aromatic nitrogens is 2. The van der Waals surface area contributed by atoms with Gasteiger partial charge in [0, 0.05) is 37.9 Å². The first-order valence-corrected chi connectivity index (χ1v) is 17.6. The molecule has 1 saturated carbocycles. The molecule has 0 bridgehead atoms. The third-order valence-electron chi connectivity index (χ3n) is 8.91. The lowest BCUT2D eigenvalue weighted by Crippen LogP contribution is -2.45. The number of nitrogens with one attached hydrogen (secondary N) is 2. The summed E-state index contributed by atoms with van der Waals surface area (Å²) in [7, 11) is 1.91. The molecule has 1 fully saturated rings. The topological polar surface area (TPSA) is 213 Å². The van der Waals surface area contributed by atoms with E-state index in [1.54, 1.807) is 10.7 Å². The number of amides is 2. The van der Waals surface area contributed by atoms with Crippen LogP contribution >= 0.6 is 0 Å². The van der Waals surface area contributed by atoms with Crippen LogP contribution in [-0.2, 0) is 43.8 Å². The normalized spacial score (nSPS) is 14.6. The number of carbonyl (C=O) groups is 4. The fraction of sp³-hybridized carbons (Fsp3) is 0.486. The number of aromatic hydroxyl groups is 1. The highest BCUT2D eigenvalue weighted by atomic mass is 16.5. The Kier molecular flexibility index (Phi) is 15.4. The van der Waals surface area contributed by atoms with Crippen LogP contribution < -0.4 is 15.4 Å². The first-order valence-electron chi connectivity index (χ1n) is 17.6. The molecule has 52 heavy (non-hydrogen) atoms. The molecule has 0 saturated heterocycles. The fourth-order valence-corrected chi connectivity index (χ4v) is 6.14. The summed E-state index contributed by atoms with van der Waals surface area (Å²) in [5, 5.41) is 44.6. The third kappa shape index (κ3) is 12.4. The number of hydrogen-bond donors (Lipinski definition) is 6. The summed E-state index contributed by atoms with van der Waals surface area (Å²) in [5.41, 5.74) is 4.70. The van der Waals surface area contributed by atoms with Crippen molar-refractivity contribution in [3.63, 3.8) is 0 Å². The largest absolute Gasteiger partial charge is 0.506 e. The van der Waals surface area contributed by atoms with Crippen molar-refractivity contribution in [2.24, 2.45) is 7.05 Å². The fourth-order valence-electron chi connectivity index (χ4n) is 6.14. The van der Waals surface area contributed by atoms with Gasteiger partial charge in [0.2, 0.25) is 5.91 Å². The average molecular weight is 724 g/mol. The van der Waals surface area contributed by atoms with Crippen LogP contribution in [0.15, 0.2) is 48.8 Å². The van der Waals surface area contributed by atoms with Crippen LogP contribution in [0.3, 0.4) is 0 Å². The molecule has 2 aliphatic rings. The highest BCUT2D eigenvalue weighted by molar-refractivity contribution is 5.97. The second kappa shape index (κ2) is 20.2. The van der Waals surface area contributed by atoms with Gasteiger partial charge in [-0.2, -0.15) is 5.10 Å². The number of nitrogens with zero attached hydrogens (tertiary/aromatic N) is 3. The molecule has 1 unspecified atom stereocenters. The molecule has 282 valence electrons. The van der Waals surface area contributed by atoms with Gasteiger partial charge >= 0.3 is 11.9 Å². The molecule has 1 aromatic heterocycles. The van der Waals surface area contributed by atoms with Gasteiger partial charge in [-0.3, -0.25) is 19.1 Å². The predicted octanol–water partition coefficient (Wildman–Crippen LogP) is 2.97. The van der Waals surface area contributed by atoms with E-state index in [-0.39, 0.29) is 24.2 Å². The van der Waals surface area contributed by atoms with E-state index in [1.807, 2.05) is 25.5 Å². The van der Waals surface area contributed by atoms with Gasteiger partial charge < -0.3 is 45.4 Å². The molecule has 2 amide bonds. The van der Waals surface area contributed by atoms with E-state index < -0.39 is 24.5 Å². The van der Waals surface area contributed by atoms with Crippen LogP contribution in [0.25, 0.3) is 11.1 Å². The maximum Gasteiger partial charge on any atom is 0.333 e. The minimum Gasteiger partial charge on any atom is -0.506 e. The molecule has 1 atom stereocenters. The second-order valence-electron chi connectivity index (χ2n) is 12.8. The zero-order chi connectivity index (χ0) is 37.5. The molecule has 0 radical (unpaired) electrons. The molecule has 0 spiro atoms. The zero-order valence-electron chi connectivity index (χ0n) is 29.5. The average Bonchev–Trinajstić information content (AvgIpc) is 3.57. The number of anilines is 1. The predicted molar refractivity (Wildman–Crippen MR) is 191 cm³/mol. The Bertz CT molecular complexity index is 1640. The quantitative estimate of drug-likeness (QED) is 0.0877. The van der Waals surface area contributed by atoms with Crippen LogP contribution in [-0.4, -0.2) is 110 Å². The molecule has 15 nitrogen and oxygen atoms in total. The Morgan fingerprint density at radius 3 is 2.44 bits per heavy atom. The number of ether oxygens (including phenoxy) is 2. The molecule has 2 heterocycles. The number of rotatable bonds is 17. The lowest BCUT2D eigenvalue weighted by molar-refractivity contribution is -0.152. The summed E-state index contributed by atoms with van der Waals surface area (Å²) in [6, 6.07) is 12.2. The zero-order valence-corrected chi connectivity index (χ0v) is 29.5. The molecule has 1 aliphatic heterocycles. The molecule has 3 aromatic rings. The van der Waals surface area contributed by atoms with Crippen LogP contribution in [0, 0.1) is 0 Å². The number of aliphatic carboxylic acids is 2. The van der Waals surface area contributed by atoms with E-state index in [4.69, 9.17) is 24.8 Å². The number of carboxylic acids is 2. The lowest BCUT2D eigenvalue weighted by Gasteiger charge is -2.34. The smallest absolute Gasteiger partial charge is 0.333 e. The van der Waals surface area contributed by atoms with Crippen molar-refractivity contribution in [3.8, 4) is 22.6 Å². The van der Waals surface area contributed by atoms with Gasteiger partial charge in [-0.15, -0.1) is 0 Å². The van der Waals surface area contributed by atoms with Crippen LogP contribution in [0.2, 0.25) is 0 Å². The number of hydrogen-bond acceptors (Lipinski definition) is 10. The van der Waals surface area contributed by atoms with E-state index in [1.165, 1.54) is 24.8 Å². The van der Waals surface area contributed by atoms with Gasteiger partial charge in [-0.25, -0.2) is 4.79 Å². The molecule has 5 rings (SSSR count). The summed E-state index contributed by atoms with van der Waals surface area (Å²) in [4.78, 5) is 46.4. The number of aliphatic hydroxyl groups is 1. The van der Waals surface area contributed by atoms with Crippen LogP contribution in [0.4, 0.5) is 5.69 Å². The van der Waals surface area contributed by atoms with Gasteiger partial charge in [0.05, 0.1) is 32.3 Å². The number of aryl methyl sites for hydroxylation is 1. The van der Waals surface area contributed by atoms with E-state index in [0.717, 1.165) is 36.0 Å². The molecular weight excluding hydrogens is 674 g/mol. The second-order valence-corrected chi connectivity index (χ2v) is 12.8. The number of phenols is 1. The van der Waals surface area contributed by atoms with Crippen molar-refractivity contribution in [2.75, 3.05) is 44.8 Å². The number of fused-ring (bicyclic) bond motifs is 1. The van der Waals surface area contributed by atoms with Crippen molar-refractivity contribution >= 4 is 29.4 Å². The van der Waals surface area contributed by atoms with Gasteiger partial charge in [0.15, 0.2) is 18.5 Å². The van der Waals surface area contributed by atoms with Crippen LogP contribution in [0.1, 0.15) is 56.1 Å². The van der Waals surface area contributed by atoms with E-state index in [2.05, 4.69) is 44.9 Å². The summed E-state index contributed by atoms with van der Waals surface area (Å²) in [5.74, 6) is -2.43. The Balaban J connectivity index is 0.000000595. The Labute approximate surface area is 302 Å². The number of aliphatic hydroxyl groups excluding tert-OH is 1. The van der Waals surface area contributed by atoms with E-state index >= 15 is 0 Å². The summed E-state index contributed by atoms with van der Waals surface area (Å²) in [6.07, 6.45) is 8.89. The third-order valence-corrected chi connectivity index (χ3v) is 8.91. The van der Waals surface area contributed by atoms with Gasteiger partial charge in [0.25, 0.3) is 5.91 Å². The monoisotopic (exact) mass is 723 g/mol. The van der Waals surface area contributed by atoms with Crippen molar-refractivity contribution in [1.82, 2.24) is 20.0 Å². The maximum absolute atomic E-state index is 13.3. The highest BCUT2D eigenvalue weighted by Gasteiger charge is 2.25. The number of benzene rings is 2. The lowest BCUT2D eigenvalue weighted by atomic mass is 9.94. The van der Waals surface area contributed by atoms with Gasteiger partial charge in [-0.05, 0) is 55.0 Å². The Hall–Kier alpha value is -4.99. The maximum atomic E-state index is 13.3. The van der Waals surface area contributed by atoms with E-state index in [0.29, 0.717) is 63.2 Å². The SMILES string of the molecule is Cn1cc(-c2ccc(CCOCCC(=O)N(CCNCCc3ccc(O)c4c3OCC(=O)N4)C3CCCCC3)cc2)cn1.O=C(O)CC(O)C(=O)O. The molecule has 1 aliphatic carbocycles. The van der Waals surface area contributed by atoms with Crippen LogP contribution in [0.5, 0.6) is 11.5 Å². The number of carboxylic acid groups (broad SMARTS) is 2. The first kappa shape index (κ1) is 39.8. The summed E-state index contributed by atoms with van der Waals surface area (Å²) < 4.78 is 13.3. The standard InChI is InChI=1S/C33H43N5O5.C4H6O5/c1-37-22-27(21-35-37)25-9-7-24(8-10-25)14-19-42-20-15-31(41)38(28-5-3-2-4-6-28)18-17-34-16-13-26-11-12-29(39)32-33(26)43-23-30(40)36-32;5-2(4(8)9)1-3(6)7/h7-12,21-22,28,34,39H,2-6,13-20,23H2,1H3,(H,36,40);2,5H,1H2,(H,6,7)(H,8,9). The molecule has 2 aromatic carbocycles. The minimum absolute atomic E-state index is 0.000764. The van der Waals surface area contributed by atoms with Crippen molar-refractivity contribution in [1.29, 1.82) is 0 Å².